The molecule has 0 fully saturated rings. The molecule has 0 saturated heterocycles. The lowest BCUT2D eigenvalue weighted by atomic mass is 10.1. The van der Waals surface area contributed by atoms with Gasteiger partial charge in [0.1, 0.15) is 6.04 Å². The van der Waals surface area contributed by atoms with Crippen molar-refractivity contribution < 1.29 is 23.9 Å². The minimum absolute atomic E-state index is 0.241. The number of nitrogens with zero attached hydrogens (tertiary/aromatic N) is 3. The highest BCUT2D eigenvalue weighted by Crippen LogP contribution is 2.25. The van der Waals surface area contributed by atoms with Crippen molar-refractivity contribution in [2.45, 2.75) is 39.8 Å². The summed E-state index contributed by atoms with van der Waals surface area (Å²) < 4.78 is 6.85. The van der Waals surface area contributed by atoms with Gasteiger partial charge in [0.05, 0.1) is 28.2 Å². The quantitative estimate of drug-likeness (QED) is 0.605. The van der Waals surface area contributed by atoms with Gasteiger partial charge in [0.25, 0.3) is 17.7 Å². The Bertz CT molecular complexity index is 991. The third-order valence-electron chi connectivity index (χ3n) is 4.97. The molecular formula is C20H22N4O5. The van der Waals surface area contributed by atoms with E-state index >= 15 is 0 Å². The number of ether oxygens (including phenoxy) is 1. The summed E-state index contributed by atoms with van der Waals surface area (Å²) in [5, 5.41) is 6.91. The van der Waals surface area contributed by atoms with E-state index in [9.17, 15) is 19.2 Å². The number of amides is 3. The van der Waals surface area contributed by atoms with Crippen molar-refractivity contribution in [3.8, 4) is 0 Å². The van der Waals surface area contributed by atoms with Crippen LogP contribution in [0.3, 0.4) is 0 Å². The third kappa shape index (κ3) is 3.51. The van der Waals surface area contributed by atoms with Gasteiger partial charge in [0.2, 0.25) is 0 Å². The zero-order valence-corrected chi connectivity index (χ0v) is 16.8. The number of benzene rings is 1. The highest BCUT2D eigenvalue weighted by Gasteiger charge is 2.41. The van der Waals surface area contributed by atoms with Gasteiger partial charge in [-0.2, -0.15) is 5.10 Å². The second-order valence-corrected chi connectivity index (χ2v) is 6.94. The molecule has 3 rings (SSSR count). The minimum atomic E-state index is -1.17. The molecule has 2 heterocycles. The smallest absolute Gasteiger partial charge is 0.329 e. The highest BCUT2D eigenvalue weighted by atomic mass is 16.5. The summed E-state index contributed by atoms with van der Waals surface area (Å²) in [6, 6.07) is 5.18. The van der Waals surface area contributed by atoms with Gasteiger partial charge < -0.3 is 10.1 Å². The molecule has 2 aromatic rings. The Morgan fingerprint density at radius 1 is 1.07 bits per heavy atom. The van der Waals surface area contributed by atoms with Crippen LogP contribution in [0.25, 0.3) is 0 Å². The van der Waals surface area contributed by atoms with Crippen LogP contribution in [0.1, 0.15) is 46.0 Å². The fraction of sp³-hybridized carbons (Fsp3) is 0.350. The van der Waals surface area contributed by atoms with Gasteiger partial charge in [-0.3, -0.25) is 24.0 Å². The maximum absolute atomic E-state index is 12.5. The van der Waals surface area contributed by atoms with Crippen LogP contribution in [0.2, 0.25) is 0 Å². The number of rotatable bonds is 5. The number of hydrogen-bond donors (Lipinski definition) is 1. The zero-order chi connectivity index (χ0) is 21.5. The minimum Gasteiger partial charge on any atom is -0.451 e. The SMILES string of the molecule is Cc1nn(C)c(C)c1NC(=O)[C@H](C)OC(=O)[C@H](C)N1C(=O)c2ccccc2C1=O. The molecule has 152 valence electrons. The van der Waals surface area contributed by atoms with E-state index in [0.717, 1.165) is 10.6 Å². The summed E-state index contributed by atoms with van der Waals surface area (Å²) in [5.74, 6) is -2.50. The van der Waals surface area contributed by atoms with Crippen molar-refractivity contribution in [1.29, 1.82) is 0 Å². The molecule has 2 atom stereocenters. The molecule has 0 saturated carbocycles. The number of anilines is 1. The predicted molar refractivity (Wildman–Crippen MR) is 103 cm³/mol. The summed E-state index contributed by atoms with van der Waals surface area (Å²) >= 11 is 0. The fourth-order valence-corrected chi connectivity index (χ4v) is 3.17. The first-order valence-electron chi connectivity index (χ1n) is 9.12. The first-order chi connectivity index (χ1) is 13.6. The average Bonchev–Trinajstić information content (AvgIpc) is 3.08. The van der Waals surface area contributed by atoms with Crippen LogP contribution in [-0.4, -0.2) is 50.5 Å². The van der Waals surface area contributed by atoms with Gasteiger partial charge >= 0.3 is 5.97 Å². The van der Waals surface area contributed by atoms with E-state index in [1.165, 1.54) is 26.0 Å². The van der Waals surface area contributed by atoms with Gasteiger partial charge in [-0.05, 0) is 39.8 Å². The van der Waals surface area contributed by atoms with Gasteiger partial charge in [-0.1, -0.05) is 12.1 Å². The number of aromatic nitrogens is 2. The molecule has 1 aromatic heterocycles. The van der Waals surface area contributed by atoms with Crippen LogP contribution in [-0.2, 0) is 21.4 Å². The van der Waals surface area contributed by atoms with Crippen molar-refractivity contribution >= 4 is 29.4 Å². The molecule has 0 bridgehead atoms. The summed E-state index contributed by atoms with van der Waals surface area (Å²) in [5.41, 5.74) is 2.43. The van der Waals surface area contributed by atoms with Gasteiger partial charge in [-0.25, -0.2) is 4.79 Å². The van der Waals surface area contributed by atoms with Crippen molar-refractivity contribution in [2.75, 3.05) is 5.32 Å². The fourth-order valence-electron chi connectivity index (χ4n) is 3.17. The molecule has 3 amide bonds. The van der Waals surface area contributed by atoms with E-state index < -0.39 is 35.8 Å². The van der Waals surface area contributed by atoms with E-state index in [0.29, 0.717) is 11.4 Å². The molecule has 9 heteroatoms. The summed E-state index contributed by atoms with van der Waals surface area (Å²) in [4.78, 5) is 50.8. The molecule has 1 aliphatic rings. The Balaban J connectivity index is 1.67. The lowest BCUT2D eigenvalue weighted by Crippen LogP contribution is -2.45. The van der Waals surface area contributed by atoms with E-state index in [1.54, 1.807) is 37.7 Å². The first-order valence-corrected chi connectivity index (χ1v) is 9.12. The second kappa shape index (κ2) is 7.50. The number of imide groups is 1. The zero-order valence-electron chi connectivity index (χ0n) is 16.8. The lowest BCUT2D eigenvalue weighted by molar-refractivity contribution is -0.156. The van der Waals surface area contributed by atoms with Crippen LogP contribution >= 0.6 is 0 Å². The Labute approximate surface area is 167 Å². The second-order valence-electron chi connectivity index (χ2n) is 6.94. The Kier molecular flexibility index (Phi) is 5.23. The first kappa shape index (κ1) is 20.2. The number of fused-ring (bicyclic) bond motifs is 1. The molecule has 0 unspecified atom stereocenters. The Morgan fingerprint density at radius 2 is 1.62 bits per heavy atom. The number of nitrogens with one attached hydrogen (secondary N) is 1. The topological polar surface area (TPSA) is 111 Å². The van der Waals surface area contributed by atoms with Crippen molar-refractivity contribution in [3.63, 3.8) is 0 Å². The number of carbonyl (C=O) groups is 4. The molecule has 29 heavy (non-hydrogen) atoms. The lowest BCUT2D eigenvalue weighted by Gasteiger charge is -2.22. The number of aryl methyl sites for hydroxylation is 2. The third-order valence-corrected chi connectivity index (χ3v) is 4.97. The van der Waals surface area contributed by atoms with Gasteiger partial charge in [-0.15, -0.1) is 0 Å². The summed E-state index contributed by atoms with van der Waals surface area (Å²) in [7, 11) is 1.76. The molecule has 1 aliphatic heterocycles. The van der Waals surface area contributed by atoms with E-state index in [-0.39, 0.29) is 11.1 Å². The van der Waals surface area contributed by atoms with E-state index in [2.05, 4.69) is 10.4 Å². The van der Waals surface area contributed by atoms with Crippen molar-refractivity contribution in [3.05, 3.63) is 46.8 Å². The van der Waals surface area contributed by atoms with E-state index in [4.69, 9.17) is 4.74 Å². The Morgan fingerprint density at radius 3 is 2.10 bits per heavy atom. The summed E-state index contributed by atoms with van der Waals surface area (Å²) in [6.07, 6.45) is -1.13. The van der Waals surface area contributed by atoms with Crippen molar-refractivity contribution in [2.24, 2.45) is 7.05 Å². The monoisotopic (exact) mass is 398 g/mol. The van der Waals surface area contributed by atoms with Crippen LogP contribution in [0.5, 0.6) is 0 Å². The predicted octanol–water partition coefficient (Wildman–Crippen LogP) is 1.59. The average molecular weight is 398 g/mol. The van der Waals surface area contributed by atoms with Crippen LogP contribution in [0.4, 0.5) is 5.69 Å². The number of esters is 1. The van der Waals surface area contributed by atoms with Crippen LogP contribution < -0.4 is 5.32 Å². The van der Waals surface area contributed by atoms with Crippen LogP contribution in [0.15, 0.2) is 24.3 Å². The normalized spacial score (nSPS) is 15.1. The standard InChI is InChI=1S/C20H22N4O5/c1-10-16(11(2)23(5)22-10)21-17(25)13(4)29-20(28)12(3)24-18(26)14-8-6-7-9-15(14)19(24)27/h6-9,12-13H,1-5H3,(H,21,25)/t12-,13-/m0/s1. The largest absolute Gasteiger partial charge is 0.451 e. The Hall–Kier alpha value is -3.49. The van der Waals surface area contributed by atoms with Gasteiger partial charge in [0, 0.05) is 7.05 Å². The molecular weight excluding hydrogens is 376 g/mol. The summed E-state index contributed by atoms with van der Waals surface area (Å²) in [6.45, 7) is 6.37. The molecule has 1 N–H and O–H groups in total. The molecule has 1 aromatic carbocycles. The highest BCUT2D eigenvalue weighted by molar-refractivity contribution is 6.22. The van der Waals surface area contributed by atoms with Crippen molar-refractivity contribution in [1.82, 2.24) is 14.7 Å². The number of carbonyl (C=O) groups excluding carboxylic acids is 4. The van der Waals surface area contributed by atoms with E-state index in [1.807, 2.05) is 0 Å². The number of hydrogen-bond acceptors (Lipinski definition) is 6. The molecule has 0 radical (unpaired) electrons. The molecule has 9 nitrogen and oxygen atoms in total. The van der Waals surface area contributed by atoms with Crippen LogP contribution in [0, 0.1) is 13.8 Å². The molecule has 0 spiro atoms. The maximum Gasteiger partial charge on any atom is 0.329 e. The van der Waals surface area contributed by atoms with Gasteiger partial charge in [0.15, 0.2) is 6.10 Å². The maximum atomic E-state index is 12.5. The molecule has 0 aliphatic carbocycles.